The molecule has 0 aliphatic heterocycles. The Morgan fingerprint density at radius 1 is 1.26 bits per heavy atom. The third kappa shape index (κ3) is 3.11. The molecular weight excluding hydrogens is 366 g/mol. The van der Waals surface area contributed by atoms with Crippen molar-refractivity contribution < 1.29 is 18.7 Å². The van der Waals surface area contributed by atoms with Crippen LogP contribution in [0.1, 0.15) is 58.3 Å². The molecule has 0 amide bonds. The number of halogens is 2. The fraction of sp³-hybridized carbons (Fsp3) is 0.864. The molecule has 0 aromatic rings. The Balaban J connectivity index is 1.54. The molecule has 27 heavy (non-hydrogen) atoms. The van der Waals surface area contributed by atoms with Crippen molar-refractivity contribution in [2.75, 3.05) is 12.0 Å². The van der Waals surface area contributed by atoms with Crippen LogP contribution < -0.4 is 0 Å². The summed E-state index contributed by atoms with van der Waals surface area (Å²) in [6.45, 7) is 2.35. The quantitative estimate of drug-likeness (QED) is 0.669. The lowest BCUT2D eigenvalue weighted by molar-refractivity contribution is -0.128. The van der Waals surface area contributed by atoms with Crippen LogP contribution in [0.2, 0.25) is 0 Å². The normalized spacial score (nSPS) is 46.4. The Hall–Kier alpha value is -0.420. The van der Waals surface area contributed by atoms with Crippen molar-refractivity contribution in [3.8, 4) is 0 Å². The van der Waals surface area contributed by atoms with E-state index in [2.05, 4.69) is 13.0 Å². The molecule has 0 aromatic carbocycles. The van der Waals surface area contributed by atoms with Gasteiger partial charge in [-0.15, -0.1) is 0 Å². The van der Waals surface area contributed by atoms with Crippen molar-refractivity contribution in [3.05, 3.63) is 11.6 Å². The number of alkyl halides is 2. The van der Waals surface area contributed by atoms with Gasteiger partial charge in [-0.3, -0.25) is 4.79 Å². The molecule has 5 heteroatoms. The Morgan fingerprint density at radius 2 is 2.04 bits per heavy atom. The van der Waals surface area contributed by atoms with E-state index in [0.717, 1.165) is 37.7 Å². The first-order valence-electron chi connectivity index (χ1n) is 10.5. The summed E-state index contributed by atoms with van der Waals surface area (Å²) in [5.41, 5.74) is -0.611. The highest BCUT2D eigenvalue weighted by Crippen LogP contribution is 2.63. The highest BCUT2D eigenvalue weighted by molar-refractivity contribution is 7.99. The summed E-state index contributed by atoms with van der Waals surface area (Å²) >= 11 is 1.63. The number of Topliss-reactive ketones (excluding diaryl/α,β-unsaturated/α-hetero) is 1. The summed E-state index contributed by atoms with van der Waals surface area (Å²) in [4.78, 5) is 12.7. The van der Waals surface area contributed by atoms with Crippen LogP contribution in [0.15, 0.2) is 11.6 Å². The van der Waals surface area contributed by atoms with Gasteiger partial charge in [-0.2, -0.15) is 11.8 Å². The van der Waals surface area contributed by atoms with Crippen LogP contribution in [-0.4, -0.2) is 34.9 Å². The highest BCUT2D eigenvalue weighted by atomic mass is 32.2. The van der Waals surface area contributed by atoms with Gasteiger partial charge in [0.05, 0.1) is 5.75 Å². The summed E-state index contributed by atoms with van der Waals surface area (Å²) < 4.78 is 26.6. The molecule has 4 rings (SSSR count). The SMILES string of the molecule is CSCC(=O)[C@H]1CC[C@H]2[C@@H]3CC=C4C[C@](O)(C(F)F)CC[C@@H]4[C@H]3CC[C@]12C. The minimum Gasteiger partial charge on any atom is -0.384 e. The van der Waals surface area contributed by atoms with Gasteiger partial charge in [-0.25, -0.2) is 8.78 Å². The molecule has 0 unspecified atom stereocenters. The number of carbonyl (C=O) groups excluding carboxylic acids is 1. The number of aliphatic hydroxyl groups is 1. The minimum atomic E-state index is -2.66. The lowest BCUT2D eigenvalue weighted by atomic mass is 9.51. The van der Waals surface area contributed by atoms with Crippen molar-refractivity contribution in [2.24, 2.45) is 35.0 Å². The molecule has 1 N–H and O–H groups in total. The standard InChI is InChI=1S/C22H32F2O2S/c1-21-9-7-15-14-8-10-22(26,20(23)24)11-13(14)3-4-16(15)17(21)5-6-18(21)19(25)12-27-2/h3,14-18,20,26H,4-12H2,1-2H3/t14-,15+,16+,17-,18+,21-,22-/m0/s1. The fourth-order valence-electron chi connectivity index (χ4n) is 7.28. The Labute approximate surface area is 165 Å². The van der Waals surface area contributed by atoms with E-state index in [4.69, 9.17) is 0 Å². The molecule has 7 atom stereocenters. The van der Waals surface area contributed by atoms with Crippen LogP contribution in [0.5, 0.6) is 0 Å². The largest absolute Gasteiger partial charge is 0.384 e. The lowest BCUT2D eigenvalue weighted by Crippen LogP contribution is -2.50. The van der Waals surface area contributed by atoms with Crippen LogP contribution in [-0.2, 0) is 4.79 Å². The van der Waals surface area contributed by atoms with E-state index >= 15 is 0 Å². The van der Waals surface area contributed by atoms with Gasteiger partial charge in [0, 0.05) is 12.3 Å². The summed E-state index contributed by atoms with van der Waals surface area (Å²) in [7, 11) is 0. The highest BCUT2D eigenvalue weighted by Gasteiger charge is 2.58. The van der Waals surface area contributed by atoms with Crippen molar-refractivity contribution in [1.82, 2.24) is 0 Å². The van der Waals surface area contributed by atoms with E-state index in [1.165, 1.54) is 0 Å². The molecule has 0 spiro atoms. The number of hydrogen-bond acceptors (Lipinski definition) is 3. The number of thioether (sulfide) groups is 1. The van der Waals surface area contributed by atoms with E-state index in [1.54, 1.807) is 11.8 Å². The van der Waals surface area contributed by atoms with Gasteiger partial charge in [0.25, 0.3) is 6.43 Å². The van der Waals surface area contributed by atoms with Crippen LogP contribution in [0.4, 0.5) is 8.78 Å². The van der Waals surface area contributed by atoms with E-state index in [0.29, 0.717) is 41.6 Å². The van der Waals surface area contributed by atoms with E-state index < -0.39 is 12.0 Å². The van der Waals surface area contributed by atoms with E-state index in [1.807, 2.05) is 6.26 Å². The van der Waals surface area contributed by atoms with Gasteiger partial charge < -0.3 is 5.11 Å². The van der Waals surface area contributed by atoms with E-state index in [9.17, 15) is 18.7 Å². The van der Waals surface area contributed by atoms with Gasteiger partial charge in [-0.1, -0.05) is 18.6 Å². The predicted molar refractivity (Wildman–Crippen MR) is 105 cm³/mol. The second kappa shape index (κ2) is 7.12. The number of fused-ring (bicyclic) bond motifs is 5. The maximum atomic E-state index is 13.3. The zero-order valence-electron chi connectivity index (χ0n) is 16.4. The number of rotatable bonds is 4. The molecule has 0 aromatic heterocycles. The molecule has 0 bridgehead atoms. The Kier molecular flexibility index (Phi) is 5.24. The average Bonchev–Trinajstić information content (AvgIpc) is 2.98. The first kappa shape index (κ1) is 19.9. The molecule has 3 saturated carbocycles. The second-order valence-corrected chi connectivity index (χ2v) is 10.6. The topological polar surface area (TPSA) is 37.3 Å². The monoisotopic (exact) mass is 398 g/mol. The molecule has 0 saturated heterocycles. The summed E-state index contributed by atoms with van der Waals surface area (Å²) in [5.74, 6) is 3.35. The zero-order chi connectivity index (χ0) is 19.4. The van der Waals surface area contributed by atoms with Crippen molar-refractivity contribution >= 4 is 17.5 Å². The van der Waals surface area contributed by atoms with Crippen molar-refractivity contribution in [3.63, 3.8) is 0 Å². The van der Waals surface area contributed by atoms with E-state index in [-0.39, 0.29) is 24.2 Å². The third-order valence-corrected chi connectivity index (χ3v) is 9.19. The molecule has 0 heterocycles. The van der Waals surface area contributed by atoms with Crippen molar-refractivity contribution in [1.29, 1.82) is 0 Å². The fourth-order valence-corrected chi connectivity index (χ4v) is 7.76. The third-order valence-electron chi connectivity index (χ3n) is 8.62. The number of hydrogen-bond donors (Lipinski definition) is 1. The summed E-state index contributed by atoms with van der Waals surface area (Å²) in [6.07, 6.45) is 7.87. The predicted octanol–water partition coefficient (Wildman–Crippen LogP) is 5.10. The van der Waals surface area contributed by atoms with Gasteiger partial charge in [0.2, 0.25) is 0 Å². The van der Waals surface area contributed by atoms with Crippen LogP contribution in [0, 0.1) is 35.0 Å². The zero-order valence-corrected chi connectivity index (χ0v) is 17.2. The molecule has 4 aliphatic rings. The number of carbonyl (C=O) groups is 1. The van der Waals surface area contributed by atoms with Crippen molar-refractivity contribution in [2.45, 2.75) is 70.3 Å². The molecular formula is C22H32F2O2S. The summed E-state index contributed by atoms with van der Waals surface area (Å²) in [5, 5.41) is 10.3. The smallest absolute Gasteiger partial charge is 0.267 e. The maximum Gasteiger partial charge on any atom is 0.267 e. The van der Waals surface area contributed by atoms with Crippen LogP contribution in [0.3, 0.4) is 0 Å². The first-order chi connectivity index (χ1) is 12.8. The Bertz CT molecular complexity index is 636. The van der Waals surface area contributed by atoms with Crippen LogP contribution in [0.25, 0.3) is 0 Å². The molecule has 3 fully saturated rings. The Morgan fingerprint density at radius 3 is 2.74 bits per heavy atom. The van der Waals surface area contributed by atoms with Gasteiger partial charge in [0.1, 0.15) is 11.4 Å². The van der Waals surface area contributed by atoms with Gasteiger partial charge in [-0.05, 0) is 80.3 Å². The first-order valence-corrected chi connectivity index (χ1v) is 11.9. The molecule has 4 aliphatic carbocycles. The second-order valence-electron chi connectivity index (χ2n) is 9.75. The molecule has 0 radical (unpaired) electrons. The maximum absolute atomic E-state index is 13.3. The minimum absolute atomic E-state index is 0.123. The molecule has 152 valence electrons. The van der Waals surface area contributed by atoms with Crippen LogP contribution >= 0.6 is 11.8 Å². The van der Waals surface area contributed by atoms with Gasteiger partial charge >= 0.3 is 0 Å². The number of allylic oxidation sites excluding steroid dienone is 1. The summed E-state index contributed by atoms with van der Waals surface area (Å²) in [6, 6.07) is 0. The lowest BCUT2D eigenvalue weighted by Gasteiger charge is -2.54. The molecule has 2 nitrogen and oxygen atoms in total. The van der Waals surface area contributed by atoms with Gasteiger partial charge in [0.15, 0.2) is 0 Å². The average molecular weight is 399 g/mol. The number of ketones is 1.